The summed E-state index contributed by atoms with van der Waals surface area (Å²) < 4.78 is 0. The first-order chi connectivity index (χ1) is 6.87. The lowest BCUT2D eigenvalue weighted by molar-refractivity contribution is 0.213. The highest BCUT2D eigenvalue weighted by molar-refractivity contribution is 5.01. The lowest BCUT2D eigenvalue weighted by atomic mass is 9.80. The van der Waals surface area contributed by atoms with E-state index in [0.29, 0.717) is 0 Å². The van der Waals surface area contributed by atoms with Crippen LogP contribution in [-0.4, -0.2) is 26.7 Å². The highest BCUT2D eigenvalue weighted by atomic mass is 14.9. The lowest BCUT2D eigenvalue weighted by Gasteiger charge is -2.32. The SMILES string of the molecule is CNCCCCC1CNCCC12CC2. The maximum Gasteiger partial charge on any atom is -0.00152 e. The molecular weight excluding hydrogens is 172 g/mol. The largest absolute Gasteiger partial charge is 0.320 e. The van der Waals surface area contributed by atoms with Crippen molar-refractivity contribution in [2.45, 2.75) is 38.5 Å². The summed E-state index contributed by atoms with van der Waals surface area (Å²) >= 11 is 0. The predicted octanol–water partition coefficient (Wildman–Crippen LogP) is 1.77. The van der Waals surface area contributed by atoms with Crippen LogP contribution in [0.25, 0.3) is 0 Å². The number of hydrogen-bond donors (Lipinski definition) is 2. The van der Waals surface area contributed by atoms with Crippen LogP contribution in [0.15, 0.2) is 0 Å². The maximum absolute atomic E-state index is 3.56. The second-order valence-corrected chi connectivity index (χ2v) is 5.11. The van der Waals surface area contributed by atoms with Gasteiger partial charge in [-0.3, -0.25) is 0 Å². The minimum atomic E-state index is 0.810. The Hall–Kier alpha value is -0.0800. The predicted molar refractivity (Wildman–Crippen MR) is 60.4 cm³/mol. The van der Waals surface area contributed by atoms with Gasteiger partial charge in [0, 0.05) is 0 Å². The molecule has 0 aromatic heterocycles. The first-order valence-corrected chi connectivity index (χ1v) is 6.23. The molecule has 1 saturated heterocycles. The van der Waals surface area contributed by atoms with Crippen LogP contribution in [0.1, 0.15) is 38.5 Å². The van der Waals surface area contributed by atoms with Crippen molar-refractivity contribution >= 4 is 0 Å². The lowest BCUT2D eigenvalue weighted by Crippen LogP contribution is -2.37. The molecule has 2 N–H and O–H groups in total. The highest BCUT2D eigenvalue weighted by Crippen LogP contribution is 2.57. The van der Waals surface area contributed by atoms with Gasteiger partial charge in [-0.15, -0.1) is 0 Å². The minimum absolute atomic E-state index is 0.810. The molecule has 0 amide bonds. The van der Waals surface area contributed by atoms with Crippen molar-refractivity contribution in [2.24, 2.45) is 11.3 Å². The highest BCUT2D eigenvalue weighted by Gasteiger charge is 2.49. The Morgan fingerprint density at radius 2 is 2.14 bits per heavy atom. The van der Waals surface area contributed by atoms with E-state index in [1.54, 1.807) is 0 Å². The van der Waals surface area contributed by atoms with E-state index in [1.807, 2.05) is 7.05 Å². The van der Waals surface area contributed by atoms with Gasteiger partial charge < -0.3 is 10.6 Å². The summed E-state index contributed by atoms with van der Waals surface area (Å²) in [6.45, 7) is 3.75. The second kappa shape index (κ2) is 4.63. The molecule has 82 valence electrons. The van der Waals surface area contributed by atoms with Gasteiger partial charge >= 0.3 is 0 Å². The summed E-state index contributed by atoms with van der Waals surface area (Å²) in [4.78, 5) is 0. The van der Waals surface area contributed by atoms with Gasteiger partial charge in [0.2, 0.25) is 0 Å². The third kappa shape index (κ3) is 2.29. The Balaban J connectivity index is 1.68. The standard InChI is InChI=1S/C12H24N2/c1-13-8-3-2-4-11-10-14-9-7-12(11)5-6-12/h11,13-14H,2-10H2,1H3. The molecule has 1 spiro atoms. The van der Waals surface area contributed by atoms with Crippen molar-refractivity contribution < 1.29 is 0 Å². The molecule has 2 heteroatoms. The Kier molecular flexibility index (Phi) is 3.45. The van der Waals surface area contributed by atoms with Crippen molar-refractivity contribution in [1.82, 2.24) is 10.6 Å². The number of nitrogens with one attached hydrogen (secondary N) is 2. The summed E-state index contributed by atoms with van der Waals surface area (Å²) in [6.07, 6.45) is 8.70. The molecule has 0 aromatic carbocycles. The molecule has 0 aromatic rings. The quantitative estimate of drug-likeness (QED) is 0.655. The molecule has 1 aliphatic carbocycles. The van der Waals surface area contributed by atoms with Gasteiger partial charge in [-0.25, -0.2) is 0 Å². The summed E-state index contributed by atoms with van der Waals surface area (Å²) in [6, 6.07) is 0. The third-order valence-corrected chi connectivity index (χ3v) is 4.18. The molecule has 2 aliphatic rings. The fraction of sp³-hybridized carbons (Fsp3) is 1.00. The molecule has 2 fully saturated rings. The summed E-state index contributed by atoms with van der Waals surface area (Å²) in [5, 5.41) is 6.78. The topological polar surface area (TPSA) is 24.1 Å². The molecule has 0 radical (unpaired) electrons. The van der Waals surface area contributed by atoms with Gasteiger partial charge in [-0.2, -0.15) is 0 Å². The zero-order chi connectivity index (χ0) is 9.86. The van der Waals surface area contributed by atoms with E-state index in [0.717, 1.165) is 11.3 Å². The van der Waals surface area contributed by atoms with Crippen LogP contribution in [0.5, 0.6) is 0 Å². The normalized spacial score (nSPS) is 29.4. The molecule has 1 unspecified atom stereocenters. The molecule has 2 nitrogen and oxygen atoms in total. The summed E-state index contributed by atoms with van der Waals surface area (Å²) in [5.41, 5.74) is 0.810. The van der Waals surface area contributed by atoms with Crippen molar-refractivity contribution in [1.29, 1.82) is 0 Å². The zero-order valence-corrected chi connectivity index (χ0v) is 9.44. The monoisotopic (exact) mass is 196 g/mol. The van der Waals surface area contributed by atoms with Gasteiger partial charge in [-0.1, -0.05) is 6.42 Å². The molecule has 14 heavy (non-hydrogen) atoms. The van der Waals surface area contributed by atoms with E-state index in [2.05, 4.69) is 10.6 Å². The van der Waals surface area contributed by atoms with Crippen LogP contribution >= 0.6 is 0 Å². The first-order valence-electron chi connectivity index (χ1n) is 6.23. The van der Waals surface area contributed by atoms with Crippen molar-refractivity contribution in [3.05, 3.63) is 0 Å². The van der Waals surface area contributed by atoms with E-state index in [4.69, 9.17) is 0 Å². The van der Waals surface area contributed by atoms with Crippen LogP contribution in [-0.2, 0) is 0 Å². The first kappa shape index (κ1) is 10.4. The van der Waals surface area contributed by atoms with Crippen LogP contribution < -0.4 is 10.6 Å². The molecular formula is C12H24N2. The van der Waals surface area contributed by atoms with Crippen LogP contribution in [0, 0.1) is 11.3 Å². The van der Waals surface area contributed by atoms with Crippen molar-refractivity contribution in [3.8, 4) is 0 Å². The minimum Gasteiger partial charge on any atom is -0.320 e. The van der Waals surface area contributed by atoms with E-state index in [-0.39, 0.29) is 0 Å². The van der Waals surface area contributed by atoms with E-state index >= 15 is 0 Å². The van der Waals surface area contributed by atoms with Crippen LogP contribution in [0.4, 0.5) is 0 Å². The zero-order valence-electron chi connectivity index (χ0n) is 9.44. The van der Waals surface area contributed by atoms with Gasteiger partial charge in [0.05, 0.1) is 0 Å². The molecule has 0 bridgehead atoms. The Bertz CT molecular complexity index is 175. The fourth-order valence-electron chi connectivity index (χ4n) is 2.95. The van der Waals surface area contributed by atoms with Gasteiger partial charge in [0.25, 0.3) is 0 Å². The van der Waals surface area contributed by atoms with Crippen molar-refractivity contribution in [2.75, 3.05) is 26.7 Å². The van der Waals surface area contributed by atoms with E-state index in [9.17, 15) is 0 Å². The van der Waals surface area contributed by atoms with Gasteiger partial charge in [0.1, 0.15) is 0 Å². The van der Waals surface area contributed by atoms with Gasteiger partial charge in [0.15, 0.2) is 0 Å². The van der Waals surface area contributed by atoms with E-state index in [1.165, 1.54) is 58.2 Å². The molecule has 1 saturated carbocycles. The number of hydrogen-bond acceptors (Lipinski definition) is 2. The summed E-state index contributed by atoms with van der Waals surface area (Å²) in [7, 11) is 2.05. The third-order valence-electron chi connectivity index (χ3n) is 4.18. The number of piperidine rings is 1. The average molecular weight is 196 g/mol. The Morgan fingerprint density at radius 3 is 2.86 bits per heavy atom. The van der Waals surface area contributed by atoms with Crippen molar-refractivity contribution in [3.63, 3.8) is 0 Å². The number of rotatable bonds is 5. The summed E-state index contributed by atoms with van der Waals surface area (Å²) in [5.74, 6) is 0.994. The molecule has 1 atom stereocenters. The van der Waals surface area contributed by atoms with Crippen LogP contribution in [0.3, 0.4) is 0 Å². The van der Waals surface area contributed by atoms with E-state index < -0.39 is 0 Å². The molecule has 2 rings (SSSR count). The number of unbranched alkanes of at least 4 members (excludes halogenated alkanes) is 1. The molecule has 1 aliphatic heterocycles. The fourth-order valence-corrected chi connectivity index (χ4v) is 2.95. The van der Waals surface area contributed by atoms with Crippen LogP contribution in [0.2, 0.25) is 0 Å². The maximum atomic E-state index is 3.56. The Labute approximate surface area is 87.8 Å². The smallest absolute Gasteiger partial charge is 0.00152 e. The Morgan fingerprint density at radius 1 is 1.29 bits per heavy atom. The second-order valence-electron chi connectivity index (χ2n) is 5.11. The average Bonchev–Trinajstić information content (AvgIpc) is 2.96. The van der Waals surface area contributed by atoms with Gasteiger partial charge in [-0.05, 0) is 70.1 Å². The molecule has 1 heterocycles.